The van der Waals surface area contributed by atoms with E-state index in [-0.39, 0.29) is 12.0 Å². The van der Waals surface area contributed by atoms with Crippen LogP contribution in [0.15, 0.2) is 30.3 Å². The first kappa shape index (κ1) is 19.9. The van der Waals surface area contributed by atoms with Crippen molar-refractivity contribution in [2.75, 3.05) is 18.5 Å². The van der Waals surface area contributed by atoms with Crippen molar-refractivity contribution in [1.29, 1.82) is 5.26 Å². The number of nitrogens with one attached hydrogen (secondary N) is 1. The van der Waals surface area contributed by atoms with Crippen molar-refractivity contribution in [1.82, 2.24) is 4.90 Å². The van der Waals surface area contributed by atoms with E-state index < -0.39 is 0 Å². The number of nitrogens with zero attached hydrogens (tertiary/aromatic N) is 2. The van der Waals surface area contributed by atoms with E-state index >= 15 is 0 Å². The van der Waals surface area contributed by atoms with Crippen LogP contribution in [0.2, 0.25) is 5.02 Å². The van der Waals surface area contributed by atoms with E-state index in [1.54, 1.807) is 42.2 Å². The van der Waals surface area contributed by atoms with Gasteiger partial charge in [-0.15, -0.1) is 11.3 Å². The van der Waals surface area contributed by atoms with E-state index in [4.69, 9.17) is 16.3 Å². The van der Waals surface area contributed by atoms with Crippen molar-refractivity contribution < 1.29 is 14.3 Å². The molecule has 0 aliphatic carbocycles. The third-order valence-electron chi connectivity index (χ3n) is 4.23. The van der Waals surface area contributed by atoms with Gasteiger partial charge in [0.2, 0.25) is 5.91 Å². The summed E-state index contributed by atoms with van der Waals surface area (Å²) in [5, 5.41) is 13.4. The van der Waals surface area contributed by atoms with E-state index in [9.17, 15) is 14.9 Å². The van der Waals surface area contributed by atoms with Crippen LogP contribution in [-0.4, -0.2) is 30.1 Å². The molecule has 144 valence electrons. The maximum atomic E-state index is 12.3. The Hall–Kier alpha value is -2.82. The molecule has 1 aliphatic rings. The molecule has 8 heteroatoms. The number of hydrogen-bond acceptors (Lipinski definition) is 5. The fourth-order valence-electron chi connectivity index (χ4n) is 2.88. The monoisotopic (exact) mass is 415 g/mol. The highest BCUT2D eigenvalue weighted by Crippen LogP contribution is 2.36. The van der Waals surface area contributed by atoms with Crippen LogP contribution in [-0.2, 0) is 22.5 Å². The topological polar surface area (TPSA) is 82.4 Å². The van der Waals surface area contributed by atoms with Gasteiger partial charge in [0.1, 0.15) is 11.1 Å². The summed E-state index contributed by atoms with van der Waals surface area (Å²) in [6.45, 7) is 2.94. The fraction of sp³-hybridized carbons (Fsp3) is 0.250. The zero-order valence-corrected chi connectivity index (χ0v) is 16.8. The number of rotatable bonds is 4. The summed E-state index contributed by atoms with van der Waals surface area (Å²) in [5.41, 5.74) is 2.21. The number of carbonyl (C=O) groups excluding carboxylic acids is 2. The first-order valence-corrected chi connectivity index (χ1v) is 9.92. The quantitative estimate of drug-likeness (QED) is 0.748. The Kier molecular flexibility index (Phi) is 6.34. The lowest BCUT2D eigenvalue weighted by molar-refractivity contribution is -0.111. The molecule has 0 bridgehead atoms. The average molecular weight is 416 g/mol. The summed E-state index contributed by atoms with van der Waals surface area (Å²) >= 11 is 7.17. The minimum atomic E-state index is -0.364. The van der Waals surface area contributed by atoms with Crippen LogP contribution in [0.3, 0.4) is 0 Å². The molecule has 3 rings (SSSR count). The molecule has 1 N–H and O–H groups in total. The number of halogens is 1. The van der Waals surface area contributed by atoms with Gasteiger partial charge in [-0.2, -0.15) is 5.26 Å². The van der Waals surface area contributed by atoms with Gasteiger partial charge in [0.25, 0.3) is 0 Å². The second-order valence-electron chi connectivity index (χ2n) is 6.06. The molecule has 1 aliphatic heterocycles. The molecule has 0 saturated heterocycles. The molecule has 2 amide bonds. The molecule has 0 fully saturated rings. The number of fused-ring (bicyclic) bond motifs is 1. The first-order chi connectivity index (χ1) is 13.5. The lowest BCUT2D eigenvalue weighted by atomic mass is 10.0. The molecule has 28 heavy (non-hydrogen) atoms. The van der Waals surface area contributed by atoms with Gasteiger partial charge < -0.3 is 15.0 Å². The number of ether oxygens (including phenoxy) is 1. The van der Waals surface area contributed by atoms with Gasteiger partial charge in [-0.1, -0.05) is 23.7 Å². The predicted octanol–water partition coefficient (Wildman–Crippen LogP) is 4.44. The molecule has 0 radical (unpaired) electrons. The Morgan fingerprint density at radius 1 is 1.39 bits per heavy atom. The lowest BCUT2D eigenvalue weighted by Crippen LogP contribution is -2.35. The molecular formula is C20H18ClN3O3S. The number of amides is 2. The van der Waals surface area contributed by atoms with Crippen molar-refractivity contribution in [2.45, 2.75) is 19.9 Å². The van der Waals surface area contributed by atoms with Gasteiger partial charge in [-0.05, 0) is 42.7 Å². The van der Waals surface area contributed by atoms with E-state index in [1.807, 2.05) is 0 Å². The number of anilines is 1. The van der Waals surface area contributed by atoms with Crippen molar-refractivity contribution in [2.24, 2.45) is 0 Å². The summed E-state index contributed by atoms with van der Waals surface area (Å²) in [7, 11) is 0. The van der Waals surface area contributed by atoms with Gasteiger partial charge >= 0.3 is 6.09 Å². The summed E-state index contributed by atoms with van der Waals surface area (Å²) in [6, 6.07) is 9.28. The molecule has 0 atom stereocenters. The second-order valence-corrected chi connectivity index (χ2v) is 7.61. The third kappa shape index (κ3) is 4.53. The number of carbonyl (C=O) groups is 2. The molecule has 0 spiro atoms. The zero-order valence-electron chi connectivity index (χ0n) is 15.2. The largest absolute Gasteiger partial charge is 0.450 e. The van der Waals surface area contributed by atoms with E-state index in [1.165, 1.54) is 17.4 Å². The molecule has 0 unspecified atom stereocenters. The fourth-order valence-corrected chi connectivity index (χ4v) is 4.22. The number of nitriles is 1. The van der Waals surface area contributed by atoms with Gasteiger partial charge in [0.15, 0.2) is 0 Å². The SMILES string of the molecule is CCOC(=O)N1CCc2c(sc(NC(=O)/C=C/c3ccc(Cl)cc3)c2C#N)C1. The normalized spacial score (nSPS) is 13.1. The third-order valence-corrected chi connectivity index (χ3v) is 5.61. The maximum absolute atomic E-state index is 12.3. The summed E-state index contributed by atoms with van der Waals surface area (Å²) in [6.07, 6.45) is 3.28. The molecule has 0 saturated carbocycles. The lowest BCUT2D eigenvalue weighted by Gasteiger charge is -2.25. The van der Waals surface area contributed by atoms with Gasteiger partial charge in [0, 0.05) is 22.5 Å². The Morgan fingerprint density at radius 3 is 2.82 bits per heavy atom. The Balaban J connectivity index is 1.73. The second kappa shape index (κ2) is 8.91. The van der Waals surface area contributed by atoms with Gasteiger partial charge in [0.05, 0.1) is 18.7 Å². The number of benzene rings is 1. The highest BCUT2D eigenvalue weighted by atomic mass is 35.5. The van der Waals surface area contributed by atoms with Crippen LogP contribution >= 0.6 is 22.9 Å². The minimum Gasteiger partial charge on any atom is -0.450 e. The Morgan fingerprint density at radius 2 is 2.14 bits per heavy atom. The summed E-state index contributed by atoms with van der Waals surface area (Å²) in [5.74, 6) is -0.327. The van der Waals surface area contributed by atoms with Crippen molar-refractivity contribution in [3.63, 3.8) is 0 Å². The standard InChI is InChI=1S/C20H18ClN3O3S/c1-2-27-20(26)24-10-9-15-16(11-22)19(28-17(15)12-24)23-18(25)8-5-13-3-6-14(21)7-4-13/h3-8H,2,9-10,12H2,1H3,(H,23,25)/b8-5+. The van der Waals surface area contributed by atoms with Crippen molar-refractivity contribution >= 4 is 46.0 Å². The van der Waals surface area contributed by atoms with Crippen LogP contribution in [0.25, 0.3) is 6.08 Å². The zero-order chi connectivity index (χ0) is 20.1. The highest BCUT2D eigenvalue weighted by molar-refractivity contribution is 7.16. The van der Waals surface area contributed by atoms with Gasteiger partial charge in [-0.3, -0.25) is 4.79 Å². The van der Waals surface area contributed by atoms with Crippen molar-refractivity contribution in [3.8, 4) is 6.07 Å². The van der Waals surface area contributed by atoms with Crippen LogP contribution in [0.1, 0.15) is 28.5 Å². The Labute approximate surface area is 172 Å². The van der Waals surface area contributed by atoms with E-state index in [2.05, 4.69) is 11.4 Å². The highest BCUT2D eigenvalue weighted by Gasteiger charge is 2.27. The van der Waals surface area contributed by atoms with Crippen molar-refractivity contribution in [3.05, 3.63) is 56.9 Å². The van der Waals surface area contributed by atoms with Crippen LogP contribution in [0.4, 0.5) is 9.80 Å². The molecule has 2 aromatic rings. The predicted molar refractivity (Wildman–Crippen MR) is 109 cm³/mol. The minimum absolute atomic E-state index is 0.317. The average Bonchev–Trinajstić information content (AvgIpc) is 3.03. The summed E-state index contributed by atoms with van der Waals surface area (Å²) in [4.78, 5) is 26.7. The number of hydrogen-bond donors (Lipinski definition) is 1. The van der Waals surface area contributed by atoms with Gasteiger partial charge in [-0.25, -0.2) is 4.79 Å². The van der Waals surface area contributed by atoms with Crippen LogP contribution in [0.5, 0.6) is 0 Å². The Bertz CT molecular complexity index is 960. The van der Waals surface area contributed by atoms with Crippen LogP contribution < -0.4 is 5.32 Å². The molecular weight excluding hydrogens is 398 g/mol. The molecule has 1 aromatic carbocycles. The van der Waals surface area contributed by atoms with Crippen LogP contribution in [0, 0.1) is 11.3 Å². The first-order valence-electron chi connectivity index (χ1n) is 8.72. The molecule has 2 heterocycles. The summed E-state index contributed by atoms with van der Waals surface area (Å²) < 4.78 is 5.05. The smallest absolute Gasteiger partial charge is 0.410 e. The van der Waals surface area contributed by atoms with E-state index in [0.29, 0.717) is 41.7 Å². The number of thiophene rings is 1. The van der Waals surface area contributed by atoms with E-state index in [0.717, 1.165) is 16.0 Å². The molecule has 6 nitrogen and oxygen atoms in total. The molecule has 1 aromatic heterocycles. The maximum Gasteiger partial charge on any atom is 0.410 e.